The Morgan fingerprint density at radius 3 is 2.84 bits per heavy atom. The lowest BCUT2D eigenvalue weighted by Gasteiger charge is -2.15. The maximum Gasteiger partial charge on any atom is 0.175 e. The van der Waals surface area contributed by atoms with Crippen molar-refractivity contribution in [3.63, 3.8) is 0 Å². The molecule has 19 heavy (non-hydrogen) atoms. The highest BCUT2D eigenvalue weighted by atomic mass is 79.9. The van der Waals surface area contributed by atoms with Crippen LogP contribution in [0.1, 0.15) is 25.3 Å². The van der Waals surface area contributed by atoms with Gasteiger partial charge in [-0.3, -0.25) is 0 Å². The van der Waals surface area contributed by atoms with Crippen LogP contribution >= 0.6 is 15.9 Å². The summed E-state index contributed by atoms with van der Waals surface area (Å²) in [5, 5.41) is 3.50. The molecule has 0 atom stereocenters. The van der Waals surface area contributed by atoms with Gasteiger partial charge in [-0.1, -0.05) is 12.7 Å². The quantitative estimate of drug-likeness (QED) is 0.740. The third kappa shape index (κ3) is 4.25. The van der Waals surface area contributed by atoms with Crippen LogP contribution in [0, 0.1) is 0 Å². The van der Waals surface area contributed by atoms with Gasteiger partial charge in [-0.2, -0.15) is 0 Å². The first kappa shape index (κ1) is 14.4. The predicted octanol–water partition coefficient (Wildman–Crippen LogP) is 3.66. The molecule has 0 unspecified atom stereocenters. The van der Waals surface area contributed by atoms with Crippen LogP contribution in [0.2, 0.25) is 0 Å². The predicted molar refractivity (Wildman–Crippen MR) is 80.9 cm³/mol. The number of ether oxygens (including phenoxy) is 2. The van der Waals surface area contributed by atoms with Crippen LogP contribution in [-0.2, 0) is 6.54 Å². The monoisotopic (exact) mass is 325 g/mol. The number of rotatable bonds is 8. The van der Waals surface area contributed by atoms with Crippen LogP contribution in [0.15, 0.2) is 29.3 Å². The number of hydrogen-bond acceptors (Lipinski definition) is 3. The molecule has 3 nitrogen and oxygen atoms in total. The molecule has 0 bridgehead atoms. The highest BCUT2D eigenvalue weighted by molar-refractivity contribution is 9.10. The van der Waals surface area contributed by atoms with E-state index in [2.05, 4.69) is 33.9 Å². The molecule has 1 fully saturated rings. The van der Waals surface area contributed by atoms with E-state index in [0.717, 1.165) is 22.5 Å². The van der Waals surface area contributed by atoms with Crippen LogP contribution in [0.3, 0.4) is 0 Å². The topological polar surface area (TPSA) is 30.5 Å². The van der Waals surface area contributed by atoms with Gasteiger partial charge in [0.25, 0.3) is 0 Å². The van der Waals surface area contributed by atoms with Crippen molar-refractivity contribution in [2.45, 2.75) is 32.4 Å². The first-order chi connectivity index (χ1) is 9.24. The first-order valence-electron chi connectivity index (χ1n) is 6.67. The van der Waals surface area contributed by atoms with E-state index >= 15 is 0 Å². The highest BCUT2D eigenvalue weighted by Gasteiger charge is 2.20. The van der Waals surface area contributed by atoms with E-state index in [-0.39, 0.29) is 0 Å². The molecule has 1 aliphatic carbocycles. The molecule has 0 amide bonds. The van der Waals surface area contributed by atoms with Crippen molar-refractivity contribution in [1.82, 2.24) is 5.32 Å². The summed E-state index contributed by atoms with van der Waals surface area (Å²) in [5.41, 5.74) is 1.20. The number of halogens is 1. The average molecular weight is 326 g/mol. The summed E-state index contributed by atoms with van der Waals surface area (Å²) in [7, 11) is 0. The van der Waals surface area contributed by atoms with Crippen molar-refractivity contribution in [1.29, 1.82) is 0 Å². The molecule has 1 saturated carbocycles. The zero-order valence-corrected chi connectivity index (χ0v) is 12.8. The van der Waals surface area contributed by atoms with Gasteiger partial charge < -0.3 is 14.8 Å². The summed E-state index contributed by atoms with van der Waals surface area (Å²) in [5.74, 6) is 1.53. The van der Waals surface area contributed by atoms with E-state index in [1.54, 1.807) is 6.08 Å². The van der Waals surface area contributed by atoms with Crippen LogP contribution in [0.25, 0.3) is 0 Å². The first-order valence-corrected chi connectivity index (χ1v) is 7.46. The Hall–Kier alpha value is -1.00. The minimum absolute atomic E-state index is 0.471. The Kier molecular flexibility index (Phi) is 5.28. The maximum atomic E-state index is 5.66. The number of hydrogen-bond donors (Lipinski definition) is 1. The Morgan fingerprint density at radius 2 is 2.21 bits per heavy atom. The molecule has 1 N–H and O–H groups in total. The normalized spacial score (nSPS) is 14.2. The number of nitrogens with one attached hydrogen (secondary N) is 1. The van der Waals surface area contributed by atoms with E-state index in [1.807, 2.05) is 13.0 Å². The second kappa shape index (κ2) is 6.96. The van der Waals surface area contributed by atoms with Crippen molar-refractivity contribution in [2.24, 2.45) is 0 Å². The summed E-state index contributed by atoms with van der Waals surface area (Å²) >= 11 is 3.55. The largest absolute Gasteiger partial charge is 0.490 e. The lowest BCUT2D eigenvalue weighted by Crippen LogP contribution is -2.15. The minimum atomic E-state index is 0.471. The molecule has 1 aromatic rings. The van der Waals surface area contributed by atoms with Gasteiger partial charge in [0, 0.05) is 12.6 Å². The van der Waals surface area contributed by atoms with Gasteiger partial charge in [0.15, 0.2) is 11.5 Å². The van der Waals surface area contributed by atoms with Gasteiger partial charge >= 0.3 is 0 Å². The van der Waals surface area contributed by atoms with E-state index in [9.17, 15) is 0 Å². The molecule has 0 aromatic heterocycles. The van der Waals surface area contributed by atoms with Gasteiger partial charge in [-0.25, -0.2) is 0 Å². The van der Waals surface area contributed by atoms with Gasteiger partial charge in [0.2, 0.25) is 0 Å². The molecule has 0 heterocycles. The summed E-state index contributed by atoms with van der Waals surface area (Å²) in [4.78, 5) is 0. The fourth-order valence-corrected chi connectivity index (χ4v) is 2.42. The second-order valence-electron chi connectivity index (χ2n) is 4.59. The molecule has 2 rings (SSSR count). The van der Waals surface area contributed by atoms with Crippen LogP contribution < -0.4 is 14.8 Å². The molecule has 0 saturated heterocycles. The van der Waals surface area contributed by atoms with E-state index in [4.69, 9.17) is 9.47 Å². The Bertz CT molecular complexity index is 444. The van der Waals surface area contributed by atoms with E-state index in [0.29, 0.717) is 19.3 Å². The third-order valence-electron chi connectivity index (χ3n) is 2.89. The summed E-state index contributed by atoms with van der Waals surface area (Å²) in [6.45, 7) is 7.59. The Morgan fingerprint density at radius 1 is 1.42 bits per heavy atom. The second-order valence-corrected chi connectivity index (χ2v) is 5.45. The molecule has 4 heteroatoms. The van der Waals surface area contributed by atoms with Gasteiger partial charge in [-0.15, -0.1) is 0 Å². The molecule has 0 aliphatic heterocycles. The molecular weight excluding hydrogens is 306 g/mol. The molecule has 1 aliphatic rings. The van der Waals surface area contributed by atoms with Gasteiger partial charge in [0.05, 0.1) is 11.1 Å². The molecule has 1 aromatic carbocycles. The summed E-state index contributed by atoms with van der Waals surface area (Å²) < 4.78 is 12.2. The lowest BCUT2D eigenvalue weighted by atomic mass is 10.2. The molecule has 0 spiro atoms. The fraction of sp³-hybridized carbons (Fsp3) is 0.467. The van der Waals surface area contributed by atoms with Crippen molar-refractivity contribution < 1.29 is 9.47 Å². The van der Waals surface area contributed by atoms with Gasteiger partial charge in [0.1, 0.15) is 6.61 Å². The van der Waals surface area contributed by atoms with Crippen LogP contribution in [-0.4, -0.2) is 19.3 Å². The van der Waals surface area contributed by atoms with E-state index < -0.39 is 0 Å². The zero-order valence-electron chi connectivity index (χ0n) is 11.2. The molecule has 104 valence electrons. The highest BCUT2D eigenvalue weighted by Crippen LogP contribution is 2.37. The Labute approximate surface area is 123 Å². The molecular formula is C15H20BrNO2. The van der Waals surface area contributed by atoms with E-state index in [1.165, 1.54) is 18.4 Å². The van der Waals surface area contributed by atoms with Crippen LogP contribution in [0.5, 0.6) is 11.5 Å². The summed E-state index contributed by atoms with van der Waals surface area (Å²) in [6.07, 6.45) is 4.31. The maximum absolute atomic E-state index is 5.66. The third-order valence-corrected chi connectivity index (χ3v) is 3.48. The Balaban J connectivity index is 2.14. The molecule has 0 radical (unpaired) electrons. The van der Waals surface area contributed by atoms with Crippen LogP contribution in [0.4, 0.5) is 0 Å². The minimum Gasteiger partial charge on any atom is -0.490 e. The van der Waals surface area contributed by atoms with Crippen molar-refractivity contribution in [2.75, 3.05) is 13.2 Å². The zero-order chi connectivity index (χ0) is 13.7. The smallest absolute Gasteiger partial charge is 0.175 e. The lowest BCUT2D eigenvalue weighted by molar-refractivity contribution is 0.295. The SMILES string of the molecule is C=CCOc1c(Br)cc(CNC2CC2)cc1OCC. The van der Waals surface area contributed by atoms with Crippen molar-refractivity contribution in [3.8, 4) is 11.5 Å². The number of benzene rings is 1. The standard InChI is InChI=1S/C15H20BrNO2/c1-3-7-19-15-13(16)8-11(9-14(15)18-4-2)10-17-12-5-6-12/h3,8-9,12,17H,1,4-7,10H2,2H3. The fourth-order valence-electron chi connectivity index (χ4n) is 1.82. The van der Waals surface area contributed by atoms with Gasteiger partial charge in [-0.05, 0) is 53.4 Å². The van der Waals surface area contributed by atoms with Crippen molar-refractivity contribution in [3.05, 3.63) is 34.8 Å². The average Bonchev–Trinajstić information content (AvgIpc) is 3.20. The summed E-state index contributed by atoms with van der Waals surface area (Å²) in [6, 6.07) is 4.82. The van der Waals surface area contributed by atoms with Crippen molar-refractivity contribution >= 4 is 15.9 Å².